The average Bonchev–Trinajstić information content (AvgIpc) is 3.66. The number of aldehydes is 1. The number of carbonyl (C=O) groups is 5. The lowest BCUT2D eigenvalue weighted by molar-refractivity contribution is -0.128. The van der Waals surface area contributed by atoms with Crippen molar-refractivity contribution < 1.29 is 51.3 Å². The lowest BCUT2D eigenvalue weighted by Gasteiger charge is -2.31. The van der Waals surface area contributed by atoms with E-state index in [-0.39, 0.29) is 103 Å². The van der Waals surface area contributed by atoms with Crippen LogP contribution in [0, 0.1) is 5.41 Å². The standard InChI is InChI=1S/C33H52N8O11S/c1-32(2,30-37-40-41-38-30)24-33(3,4)31(46)39-53(47,48)19-5-6-27(43)34-11-13-49-15-17-51-22-28(44)35-12-14-50-16-18-52-23-29(45)36-20-25-7-9-26(21-42)10-8-25/h7-10,21H,5-6,11-20,22-24H2,1-4H3,(H,34,43)(H,35,44)(H,36,45)(H,39,46)(H,37,38,40,41). The Bertz CT molecular complexity index is 1540. The minimum atomic E-state index is -3.96. The van der Waals surface area contributed by atoms with Gasteiger partial charge < -0.3 is 34.9 Å². The summed E-state index contributed by atoms with van der Waals surface area (Å²) in [5.41, 5.74) is -0.270. The van der Waals surface area contributed by atoms with Gasteiger partial charge in [-0.3, -0.25) is 28.7 Å². The van der Waals surface area contributed by atoms with Crippen molar-refractivity contribution in [3.05, 3.63) is 41.2 Å². The third-order valence-electron chi connectivity index (χ3n) is 7.47. The molecule has 0 unspecified atom stereocenters. The number of hydrogen-bond acceptors (Lipinski definition) is 14. The van der Waals surface area contributed by atoms with Crippen LogP contribution in [0.4, 0.5) is 0 Å². The van der Waals surface area contributed by atoms with Crippen LogP contribution in [0.25, 0.3) is 0 Å². The molecule has 1 aromatic carbocycles. The second kappa shape index (κ2) is 23.3. The van der Waals surface area contributed by atoms with E-state index in [4.69, 9.17) is 18.9 Å². The summed E-state index contributed by atoms with van der Waals surface area (Å²) in [6.45, 7) is 8.67. The van der Waals surface area contributed by atoms with Crippen LogP contribution in [0.1, 0.15) is 68.7 Å². The first-order valence-electron chi connectivity index (χ1n) is 17.1. The largest absolute Gasteiger partial charge is 0.377 e. The molecule has 0 saturated carbocycles. The molecule has 2 aromatic rings. The highest BCUT2D eigenvalue weighted by Gasteiger charge is 2.39. The summed E-state index contributed by atoms with van der Waals surface area (Å²) in [6.07, 6.45) is 0.976. The number of benzene rings is 1. The molecular formula is C33H52N8O11S. The molecule has 53 heavy (non-hydrogen) atoms. The van der Waals surface area contributed by atoms with E-state index in [2.05, 4.69) is 41.3 Å². The number of rotatable bonds is 28. The van der Waals surface area contributed by atoms with Gasteiger partial charge in [0.25, 0.3) is 0 Å². The Kier molecular flexibility index (Phi) is 19.7. The lowest BCUT2D eigenvalue weighted by Crippen LogP contribution is -2.44. The Morgan fingerprint density at radius 2 is 1.36 bits per heavy atom. The van der Waals surface area contributed by atoms with Gasteiger partial charge in [0.1, 0.15) is 19.5 Å². The molecular weight excluding hydrogens is 716 g/mol. The third-order valence-corrected chi connectivity index (χ3v) is 8.79. The molecule has 0 aliphatic heterocycles. The monoisotopic (exact) mass is 768 g/mol. The first kappa shape index (κ1) is 44.8. The number of nitrogens with zero attached hydrogens (tertiary/aromatic N) is 3. The molecule has 296 valence electrons. The second-order valence-electron chi connectivity index (χ2n) is 13.2. The zero-order valence-corrected chi connectivity index (χ0v) is 31.6. The SMILES string of the molecule is CC(C)(CC(C)(C)c1nn[nH]n1)C(=O)NS(=O)(=O)CCCC(=O)NCCOCCOCC(=O)NCCOCCOCC(=O)NCc1ccc(C=O)cc1. The Hall–Kier alpha value is -4.37. The molecule has 0 fully saturated rings. The zero-order valence-electron chi connectivity index (χ0n) is 30.7. The van der Waals surface area contributed by atoms with Crippen molar-refractivity contribution in [2.24, 2.45) is 5.41 Å². The fourth-order valence-corrected chi connectivity index (χ4v) is 6.05. The molecule has 2 rings (SSSR count). The molecule has 4 amide bonds. The first-order valence-corrected chi connectivity index (χ1v) is 18.7. The molecule has 1 aromatic heterocycles. The van der Waals surface area contributed by atoms with E-state index >= 15 is 0 Å². The number of H-pyrrole nitrogens is 1. The van der Waals surface area contributed by atoms with Crippen molar-refractivity contribution in [2.75, 3.05) is 71.7 Å². The van der Waals surface area contributed by atoms with Crippen LogP contribution in [-0.4, -0.2) is 131 Å². The van der Waals surface area contributed by atoms with Crippen molar-refractivity contribution in [3.63, 3.8) is 0 Å². The summed E-state index contributed by atoms with van der Waals surface area (Å²) >= 11 is 0. The van der Waals surface area contributed by atoms with Crippen LogP contribution in [0.15, 0.2) is 24.3 Å². The summed E-state index contributed by atoms with van der Waals surface area (Å²) in [5, 5.41) is 21.8. The van der Waals surface area contributed by atoms with Gasteiger partial charge in [0.15, 0.2) is 5.82 Å². The Morgan fingerprint density at radius 3 is 1.92 bits per heavy atom. The van der Waals surface area contributed by atoms with E-state index in [0.29, 0.717) is 17.9 Å². The summed E-state index contributed by atoms with van der Waals surface area (Å²) < 4.78 is 48.3. The molecule has 0 bridgehead atoms. The van der Waals surface area contributed by atoms with E-state index in [0.717, 1.165) is 11.8 Å². The lowest BCUT2D eigenvalue weighted by atomic mass is 9.74. The topological polar surface area (TPSA) is 259 Å². The highest BCUT2D eigenvalue weighted by atomic mass is 32.2. The Balaban J connectivity index is 1.40. The number of aromatic amines is 1. The van der Waals surface area contributed by atoms with Gasteiger partial charge >= 0.3 is 0 Å². The number of ether oxygens (including phenoxy) is 4. The molecule has 0 spiro atoms. The molecule has 0 aliphatic rings. The van der Waals surface area contributed by atoms with E-state index in [1.165, 1.54) is 0 Å². The fraction of sp³-hybridized carbons (Fsp3) is 0.636. The maximum Gasteiger partial charge on any atom is 0.246 e. The van der Waals surface area contributed by atoms with Crippen molar-refractivity contribution in [3.8, 4) is 0 Å². The third kappa shape index (κ3) is 19.3. The Morgan fingerprint density at radius 1 is 0.792 bits per heavy atom. The highest BCUT2D eigenvalue weighted by Crippen LogP contribution is 2.35. The van der Waals surface area contributed by atoms with Gasteiger partial charge in [0.2, 0.25) is 33.7 Å². The molecule has 0 atom stereocenters. The zero-order chi connectivity index (χ0) is 39.2. The second-order valence-corrected chi connectivity index (χ2v) is 15.0. The first-order chi connectivity index (χ1) is 25.1. The van der Waals surface area contributed by atoms with Crippen LogP contribution in [-0.2, 0) is 60.1 Å². The van der Waals surface area contributed by atoms with Crippen LogP contribution >= 0.6 is 0 Å². The number of sulfonamides is 1. The number of tetrazole rings is 1. The quantitative estimate of drug-likeness (QED) is 0.0543. The number of hydrogen-bond donors (Lipinski definition) is 5. The molecule has 19 nitrogen and oxygen atoms in total. The van der Waals surface area contributed by atoms with Crippen LogP contribution < -0.4 is 20.7 Å². The van der Waals surface area contributed by atoms with Crippen molar-refractivity contribution >= 4 is 39.9 Å². The fourth-order valence-electron chi connectivity index (χ4n) is 4.87. The van der Waals surface area contributed by atoms with Gasteiger partial charge in [-0.25, -0.2) is 8.42 Å². The normalized spacial score (nSPS) is 11.8. The van der Waals surface area contributed by atoms with Crippen molar-refractivity contribution in [2.45, 2.75) is 58.9 Å². The van der Waals surface area contributed by atoms with Crippen molar-refractivity contribution in [1.82, 2.24) is 41.3 Å². The summed E-state index contributed by atoms with van der Waals surface area (Å²) in [6, 6.07) is 6.86. The van der Waals surface area contributed by atoms with Gasteiger partial charge in [-0.15, -0.1) is 10.2 Å². The van der Waals surface area contributed by atoms with E-state index in [9.17, 15) is 32.4 Å². The van der Waals surface area contributed by atoms with Gasteiger partial charge in [-0.05, 0) is 18.4 Å². The minimum Gasteiger partial charge on any atom is -0.377 e. The smallest absolute Gasteiger partial charge is 0.246 e. The predicted molar refractivity (Wildman–Crippen MR) is 190 cm³/mol. The maximum atomic E-state index is 12.8. The highest BCUT2D eigenvalue weighted by molar-refractivity contribution is 7.90. The molecule has 20 heteroatoms. The van der Waals surface area contributed by atoms with Crippen LogP contribution in [0.5, 0.6) is 0 Å². The molecule has 0 aliphatic carbocycles. The molecule has 0 radical (unpaired) electrons. The summed E-state index contributed by atoms with van der Waals surface area (Å²) in [5.74, 6) is -1.62. The maximum absolute atomic E-state index is 12.8. The minimum absolute atomic E-state index is 0.0176. The van der Waals surface area contributed by atoms with E-state index < -0.39 is 32.5 Å². The van der Waals surface area contributed by atoms with Crippen molar-refractivity contribution in [1.29, 1.82) is 0 Å². The van der Waals surface area contributed by atoms with Gasteiger partial charge in [-0.2, -0.15) is 5.21 Å². The number of carbonyl (C=O) groups excluding carboxylic acids is 5. The van der Waals surface area contributed by atoms with Gasteiger partial charge in [0.05, 0.1) is 45.4 Å². The van der Waals surface area contributed by atoms with E-state index in [1.807, 2.05) is 13.8 Å². The average molecular weight is 769 g/mol. The van der Waals surface area contributed by atoms with Gasteiger partial charge in [0, 0.05) is 42.4 Å². The van der Waals surface area contributed by atoms with E-state index in [1.54, 1.807) is 38.1 Å². The van der Waals surface area contributed by atoms with Crippen LogP contribution in [0.2, 0.25) is 0 Å². The summed E-state index contributed by atoms with van der Waals surface area (Å²) in [4.78, 5) is 59.3. The number of aromatic nitrogens is 4. The number of nitrogens with one attached hydrogen (secondary N) is 5. The predicted octanol–water partition coefficient (Wildman–Crippen LogP) is -0.452. The molecule has 5 N–H and O–H groups in total. The molecule has 0 saturated heterocycles. The molecule has 1 heterocycles. The summed E-state index contributed by atoms with van der Waals surface area (Å²) in [7, 11) is -3.96. The van der Waals surface area contributed by atoms with Gasteiger partial charge in [-0.1, -0.05) is 57.2 Å². The van der Waals surface area contributed by atoms with Crippen LogP contribution in [0.3, 0.4) is 0 Å². The number of amides is 4. The Labute approximate surface area is 309 Å².